The first-order valence-corrected chi connectivity index (χ1v) is 20.1. The van der Waals surface area contributed by atoms with Gasteiger partial charge in [-0.05, 0) is 56.7 Å². The van der Waals surface area contributed by atoms with E-state index in [4.69, 9.17) is 25.7 Å². The van der Waals surface area contributed by atoms with E-state index >= 15 is 0 Å². The highest BCUT2D eigenvalue weighted by atomic mass is 16.7. The fraction of sp³-hybridized carbons (Fsp3) is 0.488. The normalized spacial score (nSPS) is 20.3. The Morgan fingerprint density at radius 1 is 0.921 bits per heavy atom. The number of ether oxygens (including phenoxy) is 3. The summed E-state index contributed by atoms with van der Waals surface area (Å²) in [6, 6.07) is 9.88. The van der Waals surface area contributed by atoms with Crippen LogP contribution in [0.1, 0.15) is 64.0 Å². The minimum atomic E-state index is -1.53. The Labute approximate surface area is 363 Å². The summed E-state index contributed by atoms with van der Waals surface area (Å²) in [7, 11) is 0. The lowest BCUT2D eigenvalue weighted by molar-refractivity contribution is -0.384. The van der Waals surface area contributed by atoms with Gasteiger partial charge in [-0.3, -0.25) is 43.7 Å². The number of aliphatic hydroxyl groups is 2. The lowest BCUT2D eigenvalue weighted by Crippen LogP contribution is -2.66. The van der Waals surface area contributed by atoms with E-state index in [-0.39, 0.29) is 38.1 Å². The molecule has 9 atom stereocenters. The number of hydrogen-bond donors (Lipinski definition) is 9. The molecule has 3 rings (SSSR count). The predicted molar refractivity (Wildman–Crippen MR) is 223 cm³/mol. The van der Waals surface area contributed by atoms with Crippen LogP contribution in [0.25, 0.3) is 6.08 Å². The van der Waals surface area contributed by atoms with Crippen LogP contribution in [0.15, 0.2) is 60.7 Å². The molecular formula is C41H56N8O14. The van der Waals surface area contributed by atoms with Gasteiger partial charge in [0.2, 0.25) is 41.4 Å². The maximum atomic E-state index is 13.2. The lowest BCUT2D eigenvalue weighted by Gasteiger charge is -2.44. The van der Waals surface area contributed by atoms with Gasteiger partial charge in [-0.25, -0.2) is 0 Å². The molecular weight excluding hydrogens is 828 g/mol. The quantitative estimate of drug-likeness (QED) is 0.0242. The number of carbonyl (C=O) groups excluding carboxylic acids is 7. The average Bonchev–Trinajstić information content (AvgIpc) is 3.24. The van der Waals surface area contributed by atoms with E-state index in [2.05, 4.69) is 26.6 Å². The molecule has 11 N–H and O–H groups in total. The molecule has 1 aliphatic rings. The molecule has 1 heterocycles. The molecule has 1 fully saturated rings. The Bertz CT molecular complexity index is 1940. The maximum absolute atomic E-state index is 13.2. The van der Waals surface area contributed by atoms with Crippen molar-refractivity contribution in [3.63, 3.8) is 0 Å². The van der Waals surface area contributed by atoms with Crippen LogP contribution in [0.2, 0.25) is 0 Å². The zero-order valence-corrected chi connectivity index (χ0v) is 35.1. The van der Waals surface area contributed by atoms with E-state index in [1.165, 1.54) is 51.1 Å². The van der Waals surface area contributed by atoms with Gasteiger partial charge in [-0.1, -0.05) is 42.5 Å². The molecule has 344 valence electrons. The first-order valence-electron chi connectivity index (χ1n) is 20.1. The van der Waals surface area contributed by atoms with Crippen molar-refractivity contribution in [3.05, 3.63) is 81.9 Å². The van der Waals surface area contributed by atoms with Crippen LogP contribution in [0, 0.1) is 10.1 Å². The van der Waals surface area contributed by atoms with Gasteiger partial charge in [0.05, 0.1) is 18.1 Å². The van der Waals surface area contributed by atoms with Crippen molar-refractivity contribution in [1.82, 2.24) is 26.6 Å². The van der Waals surface area contributed by atoms with E-state index in [1.54, 1.807) is 30.3 Å². The van der Waals surface area contributed by atoms with E-state index < -0.39 is 108 Å². The van der Waals surface area contributed by atoms with Gasteiger partial charge in [0.1, 0.15) is 48.6 Å². The zero-order chi connectivity index (χ0) is 46.6. The highest BCUT2D eigenvalue weighted by Crippen LogP contribution is 2.26. The van der Waals surface area contributed by atoms with Gasteiger partial charge in [0, 0.05) is 38.1 Å². The fourth-order valence-electron chi connectivity index (χ4n) is 6.27. The van der Waals surface area contributed by atoms with E-state index in [0.29, 0.717) is 18.4 Å². The molecule has 0 radical (unpaired) electrons. The van der Waals surface area contributed by atoms with Gasteiger partial charge in [-0.15, -0.1) is 0 Å². The van der Waals surface area contributed by atoms with E-state index in [0.717, 1.165) is 5.56 Å². The highest BCUT2D eigenvalue weighted by Gasteiger charge is 2.48. The topological polar surface area (TPSA) is 343 Å². The molecule has 22 nitrogen and oxygen atoms in total. The smallest absolute Gasteiger partial charge is 0.270 e. The summed E-state index contributed by atoms with van der Waals surface area (Å²) in [5.41, 5.74) is 12.1. The Kier molecular flexibility index (Phi) is 20.7. The third kappa shape index (κ3) is 17.2. The molecule has 0 spiro atoms. The molecule has 0 aromatic heterocycles. The number of primary amides is 2. The van der Waals surface area contributed by atoms with Crippen LogP contribution >= 0.6 is 0 Å². The number of rotatable bonds is 25. The number of hydrogen-bond acceptors (Lipinski definition) is 14. The van der Waals surface area contributed by atoms with Gasteiger partial charge >= 0.3 is 0 Å². The summed E-state index contributed by atoms with van der Waals surface area (Å²) in [6.45, 7) is 3.47. The van der Waals surface area contributed by atoms with Crippen molar-refractivity contribution < 1.29 is 62.9 Å². The Morgan fingerprint density at radius 2 is 1.60 bits per heavy atom. The number of nitrogens with zero attached hydrogens (tertiary/aromatic N) is 1. The summed E-state index contributed by atoms with van der Waals surface area (Å²) in [5.74, 6) is -5.13. The second-order valence-electron chi connectivity index (χ2n) is 14.7. The molecule has 1 saturated heterocycles. The molecule has 7 amide bonds. The number of nitro benzene ring substituents is 1. The molecule has 63 heavy (non-hydrogen) atoms. The maximum Gasteiger partial charge on any atom is 0.270 e. The lowest BCUT2D eigenvalue weighted by atomic mass is 9.96. The summed E-state index contributed by atoms with van der Waals surface area (Å²) < 4.78 is 17.6. The van der Waals surface area contributed by atoms with Crippen LogP contribution < -0.4 is 38.1 Å². The van der Waals surface area contributed by atoms with Crippen molar-refractivity contribution in [1.29, 1.82) is 0 Å². The van der Waals surface area contributed by atoms with Crippen molar-refractivity contribution in [3.8, 4) is 0 Å². The Balaban J connectivity index is 1.47. The van der Waals surface area contributed by atoms with Crippen LogP contribution in [-0.4, -0.2) is 125 Å². The molecule has 2 aromatic carbocycles. The standard InChI is InChI=1S/C41H56N8O14/c1-23(45-40(58)24(2)62-36-34(46-25(3)51)41(63-31(21-50)35(36)54)61-22-27-10-5-4-6-11-27)39(57)48-30(38(43)56)16-18-33(53)47-29(37(42)55)14-7-8-19-44-32(52)17-15-26-12-9-13-28(20-26)49(59)60/h4-6,9-13,15,17,20,23-24,29-31,34-36,41,50,54H,7-8,14,16,18-19,21-22H2,1-3H3,(H2,42,55)(H2,43,56)(H,44,52)(H,45,58)(H,46,51)(H,47,53)(H,48,57)/b17-15+/t23-,24-,29-,30+,31+,34-,35-,36+,41+/m0/s1. The van der Waals surface area contributed by atoms with Crippen molar-refractivity contribution in [2.24, 2.45) is 11.5 Å². The minimum Gasteiger partial charge on any atom is -0.394 e. The van der Waals surface area contributed by atoms with Crippen molar-refractivity contribution >= 4 is 53.1 Å². The van der Waals surface area contributed by atoms with Crippen LogP contribution in [-0.2, 0) is 54.4 Å². The molecule has 22 heteroatoms. The first-order chi connectivity index (χ1) is 29.9. The van der Waals surface area contributed by atoms with Crippen LogP contribution in [0.3, 0.4) is 0 Å². The number of benzene rings is 2. The molecule has 1 aliphatic heterocycles. The number of nitrogens with two attached hydrogens (primary N) is 2. The molecule has 0 aliphatic carbocycles. The Hall–Kier alpha value is -6.33. The summed E-state index contributed by atoms with van der Waals surface area (Å²) >= 11 is 0. The molecule has 0 unspecified atom stereocenters. The fourth-order valence-corrected chi connectivity index (χ4v) is 6.27. The van der Waals surface area contributed by atoms with Gasteiger partial charge < -0.3 is 62.5 Å². The number of non-ortho nitro benzene ring substituents is 1. The number of nitrogens with one attached hydrogen (secondary N) is 5. The zero-order valence-electron chi connectivity index (χ0n) is 35.1. The monoisotopic (exact) mass is 884 g/mol. The number of nitro groups is 1. The summed E-state index contributed by atoms with van der Waals surface area (Å²) in [4.78, 5) is 98.1. The van der Waals surface area contributed by atoms with Crippen LogP contribution in [0.4, 0.5) is 5.69 Å². The van der Waals surface area contributed by atoms with Crippen molar-refractivity contribution in [2.75, 3.05) is 13.2 Å². The van der Waals surface area contributed by atoms with Gasteiger partial charge in [0.25, 0.3) is 5.69 Å². The third-order valence-electron chi connectivity index (χ3n) is 9.69. The second kappa shape index (κ2) is 25.6. The van der Waals surface area contributed by atoms with Gasteiger partial charge in [0.15, 0.2) is 6.29 Å². The SMILES string of the molecule is CC(=O)N[C@@H]1[C@H](OCc2ccccc2)O[C@H](CO)[C@H](O)[C@@H]1O[C@@H](C)C(=O)N[C@@H](C)C(=O)N[C@H](CCC(=O)N[C@@H](CCCCNC(=O)/C=C/c1cccc([N+](=O)[O-])c1)C(N)=O)C(N)=O. The third-order valence-corrected chi connectivity index (χ3v) is 9.69. The van der Waals surface area contributed by atoms with E-state index in [9.17, 15) is 53.9 Å². The average molecular weight is 885 g/mol. The second-order valence-corrected chi connectivity index (χ2v) is 14.7. The first kappa shape index (κ1) is 51.0. The number of aliphatic hydroxyl groups excluding tert-OH is 2. The highest BCUT2D eigenvalue weighted by molar-refractivity contribution is 5.93. The molecule has 0 saturated carbocycles. The molecule has 2 aromatic rings. The van der Waals surface area contributed by atoms with E-state index in [1.807, 2.05) is 6.07 Å². The molecule has 0 bridgehead atoms. The van der Waals surface area contributed by atoms with Crippen molar-refractivity contribution in [2.45, 2.75) is 114 Å². The van der Waals surface area contributed by atoms with Gasteiger partial charge in [-0.2, -0.15) is 0 Å². The van der Waals surface area contributed by atoms with Crippen LogP contribution in [0.5, 0.6) is 0 Å². The minimum absolute atomic E-state index is 0.0382. The summed E-state index contributed by atoms with van der Waals surface area (Å²) in [5, 5.41) is 44.5. The number of unbranched alkanes of at least 4 members (excludes halogenated alkanes) is 1. The largest absolute Gasteiger partial charge is 0.394 e. The predicted octanol–water partition coefficient (Wildman–Crippen LogP) is -1.31. The number of carbonyl (C=O) groups is 7. The Morgan fingerprint density at radius 3 is 2.24 bits per heavy atom. The number of amides is 7. The summed E-state index contributed by atoms with van der Waals surface area (Å²) in [6.07, 6.45) is -3.72.